The van der Waals surface area contributed by atoms with Crippen LogP contribution in [0.15, 0.2) is 30.5 Å². The molecule has 0 aliphatic rings. The third-order valence-corrected chi connectivity index (χ3v) is 2.20. The lowest BCUT2D eigenvalue weighted by atomic mass is 10.3. The highest BCUT2D eigenvalue weighted by Crippen LogP contribution is 2.23. The molecule has 0 radical (unpaired) electrons. The van der Waals surface area contributed by atoms with Gasteiger partial charge in [0.25, 0.3) is 0 Å². The van der Waals surface area contributed by atoms with Gasteiger partial charge in [-0.3, -0.25) is 4.68 Å². The Morgan fingerprint density at radius 1 is 1.33 bits per heavy atom. The van der Waals surface area contributed by atoms with Gasteiger partial charge < -0.3 is 15.8 Å². The smallest absolute Gasteiger partial charge is 0.387 e. The Bertz CT molecular complexity index is 524. The van der Waals surface area contributed by atoms with Gasteiger partial charge in [0, 0.05) is 18.9 Å². The maximum Gasteiger partial charge on any atom is 0.387 e. The molecular formula is C11H12F2N4O. The quantitative estimate of drug-likeness (QED) is 0.879. The van der Waals surface area contributed by atoms with Gasteiger partial charge in [-0.25, -0.2) is 0 Å². The standard InChI is InChI=1S/C11H12F2N4O/c1-17-6-9(14)10(16-17)15-7-2-4-8(5-3-7)18-11(12)13/h2-6,11H,14H2,1H3,(H,15,16). The lowest BCUT2D eigenvalue weighted by Crippen LogP contribution is -2.02. The Labute approximate surface area is 102 Å². The number of anilines is 3. The molecule has 0 atom stereocenters. The van der Waals surface area contributed by atoms with Crippen LogP contribution in [0.5, 0.6) is 5.75 Å². The number of rotatable bonds is 4. The number of hydrogen-bond acceptors (Lipinski definition) is 4. The highest BCUT2D eigenvalue weighted by Gasteiger charge is 2.06. The van der Waals surface area contributed by atoms with Crippen LogP contribution in [0.3, 0.4) is 0 Å². The van der Waals surface area contributed by atoms with E-state index >= 15 is 0 Å². The first-order chi connectivity index (χ1) is 8.54. The molecule has 7 heteroatoms. The summed E-state index contributed by atoms with van der Waals surface area (Å²) in [5.41, 5.74) is 6.90. The molecule has 0 amide bonds. The predicted octanol–water partition coefficient (Wildman–Crippen LogP) is 2.35. The second kappa shape index (κ2) is 4.91. The van der Waals surface area contributed by atoms with Crippen molar-refractivity contribution in [2.75, 3.05) is 11.1 Å². The highest BCUT2D eigenvalue weighted by molar-refractivity contribution is 5.68. The number of halogens is 2. The lowest BCUT2D eigenvalue weighted by Gasteiger charge is -2.06. The minimum Gasteiger partial charge on any atom is -0.435 e. The number of benzene rings is 1. The predicted molar refractivity (Wildman–Crippen MR) is 64.0 cm³/mol. The molecule has 3 N–H and O–H groups in total. The van der Waals surface area contributed by atoms with Crippen LogP contribution in [-0.2, 0) is 7.05 Å². The Balaban J connectivity index is 2.08. The van der Waals surface area contributed by atoms with Crippen LogP contribution in [0.4, 0.5) is 26.0 Å². The first-order valence-electron chi connectivity index (χ1n) is 5.15. The summed E-state index contributed by atoms with van der Waals surface area (Å²) in [6, 6.07) is 6.08. The molecule has 1 aromatic carbocycles. The van der Waals surface area contributed by atoms with Crippen LogP contribution in [0, 0.1) is 0 Å². The van der Waals surface area contributed by atoms with E-state index in [0.717, 1.165) is 0 Å². The Morgan fingerprint density at radius 2 is 2.00 bits per heavy atom. The largest absolute Gasteiger partial charge is 0.435 e. The molecule has 0 saturated carbocycles. The summed E-state index contributed by atoms with van der Waals surface area (Å²) >= 11 is 0. The van der Waals surface area contributed by atoms with Gasteiger partial charge in [-0.2, -0.15) is 13.9 Å². The molecule has 96 valence electrons. The number of ether oxygens (including phenoxy) is 1. The van der Waals surface area contributed by atoms with Crippen molar-refractivity contribution < 1.29 is 13.5 Å². The van der Waals surface area contributed by atoms with Crippen LogP contribution in [0.2, 0.25) is 0 Å². The second-order valence-electron chi connectivity index (χ2n) is 3.63. The summed E-state index contributed by atoms with van der Waals surface area (Å²) in [6.07, 6.45) is 1.66. The zero-order valence-corrected chi connectivity index (χ0v) is 9.60. The summed E-state index contributed by atoms with van der Waals surface area (Å²) in [5, 5.41) is 7.08. The van der Waals surface area contributed by atoms with Gasteiger partial charge in [0.15, 0.2) is 5.82 Å². The topological polar surface area (TPSA) is 65.1 Å². The van der Waals surface area contributed by atoms with Crippen molar-refractivity contribution in [1.29, 1.82) is 0 Å². The van der Waals surface area contributed by atoms with Crippen LogP contribution in [0.1, 0.15) is 0 Å². The minimum absolute atomic E-state index is 0.101. The summed E-state index contributed by atoms with van der Waals surface area (Å²) in [7, 11) is 1.75. The van der Waals surface area contributed by atoms with E-state index < -0.39 is 6.61 Å². The maximum atomic E-state index is 12.0. The van der Waals surface area contributed by atoms with E-state index in [4.69, 9.17) is 5.73 Å². The summed E-state index contributed by atoms with van der Waals surface area (Å²) in [5.74, 6) is 0.615. The van der Waals surface area contributed by atoms with Gasteiger partial charge in [0.2, 0.25) is 0 Å². The van der Waals surface area contributed by atoms with E-state index in [1.165, 1.54) is 12.1 Å². The maximum absolute atomic E-state index is 12.0. The van der Waals surface area contributed by atoms with Crippen molar-refractivity contribution in [3.8, 4) is 5.75 Å². The Morgan fingerprint density at radius 3 is 2.50 bits per heavy atom. The lowest BCUT2D eigenvalue weighted by molar-refractivity contribution is -0.0498. The number of aromatic nitrogens is 2. The molecule has 18 heavy (non-hydrogen) atoms. The Hall–Kier alpha value is -2.31. The van der Waals surface area contributed by atoms with E-state index in [2.05, 4.69) is 15.2 Å². The number of nitrogen functional groups attached to an aromatic ring is 1. The number of alkyl halides is 2. The van der Waals surface area contributed by atoms with E-state index in [1.807, 2.05) is 0 Å². The molecule has 0 saturated heterocycles. The van der Waals surface area contributed by atoms with Crippen LogP contribution >= 0.6 is 0 Å². The third kappa shape index (κ3) is 2.88. The number of aryl methyl sites for hydroxylation is 1. The van der Waals surface area contributed by atoms with Crippen LogP contribution < -0.4 is 15.8 Å². The van der Waals surface area contributed by atoms with Gasteiger partial charge >= 0.3 is 6.61 Å². The van der Waals surface area contributed by atoms with Crippen molar-refractivity contribution in [3.63, 3.8) is 0 Å². The molecule has 0 spiro atoms. The average Bonchev–Trinajstić information content (AvgIpc) is 2.59. The van der Waals surface area contributed by atoms with Gasteiger partial charge in [-0.1, -0.05) is 0 Å². The fourth-order valence-electron chi connectivity index (χ4n) is 1.46. The van der Waals surface area contributed by atoms with Gasteiger partial charge in [-0.15, -0.1) is 0 Å². The van der Waals surface area contributed by atoms with Crippen molar-refractivity contribution in [1.82, 2.24) is 9.78 Å². The molecule has 0 bridgehead atoms. The van der Waals surface area contributed by atoms with Crippen LogP contribution in [-0.4, -0.2) is 16.4 Å². The zero-order chi connectivity index (χ0) is 13.1. The summed E-state index contributed by atoms with van der Waals surface area (Å²) in [4.78, 5) is 0. The number of nitrogens with one attached hydrogen (secondary N) is 1. The highest BCUT2D eigenvalue weighted by atomic mass is 19.3. The van der Waals surface area contributed by atoms with Crippen molar-refractivity contribution >= 4 is 17.2 Å². The molecule has 0 aliphatic heterocycles. The first-order valence-corrected chi connectivity index (χ1v) is 5.15. The second-order valence-corrected chi connectivity index (χ2v) is 3.63. The molecule has 0 fully saturated rings. The van der Waals surface area contributed by atoms with E-state index in [9.17, 15) is 8.78 Å². The molecule has 1 heterocycles. The molecule has 1 aromatic heterocycles. The molecule has 5 nitrogen and oxygen atoms in total. The number of nitrogens with zero attached hydrogens (tertiary/aromatic N) is 2. The number of nitrogens with two attached hydrogens (primary N) is 1. The van der Waals surface area contributed by atoms with Crippen molar-refractivity contribution in [3.05, 3.63) is 30.5 Å². The van der Waals surface area contributed by atoms with Gasteiger partial charge in [0.1, 0.15) is 5.75 Å². The van der Waals surface area contributed by atoms with Crippen molar-refractivity contribution in [2.45, 2.75) is 6.61 Å². The zero-order valence-electron chi connectivity index (χ0n) is 9.60. The number of hydrogen-bond donors (Lipinski definition) is 2. The fraction of sp³-hybridized carbons (Fsp3) is 0.182. The molecular weight excluding hydrogens is 242 g/mol. The minimum atomic E-state index is -2.82. The third-order valence-electron chi connectivity index (χ3n) is 2.20. The molecule has 0 unspecified atom stereocenters. The van der Waals surface area contributed by atoms with Crippen molar-refractivity contribution in [2.24, 2.45) is 7.05 Å². The average molecular weight is 254 g/mol. The first kappa shape index (κ1) is 12.2. The van der Waals surface area contributed by atoms with E-state index in [1.54, 1.807) is 30.1 Å². The normalized spacial score (nSPS) is 10.7. The summed E-state index contributed by atoms with van der Waals surface area (Å²) in [6.45, 7) is -2.82. The Kier molecular flexibility index (Phi) is 3.31. The molecule has 2 rings (SSSR count). The van der Waals surface area contributed by atoms with Gasteiger partial charge in [-0.05, 0) is 24.3 Å². The fourth-order valence-corrected chi connectivity index (χ4v) is 1.46. The van der Waals surface area contributed by atoms with E-state index in [-0.39, 0.29) is 5.75 Å². The SMILES string of the molecule is Cn1cc(N)c(Nc2ccc(OC(F)F)cc2)n1. The van der Waals surface area contributed by atoms with Gasteiger partial charge in [0.05, 0.1) is 5.69 Å². The van der Waals surface area contributed by atoms with Crippen LogP contribution in [0.25, 0.3) is 0 Å². The summed E-state index contributed by atoms with van der Waals surface area (Å²) < 4.78 is 29.7. The monoisotopic (exact) mass is 254 g/mol. The van der Waals surface area contributed by atoms with E-state index in [0.29, 0.717) is 17.2 Å². The molecule has 0 aliphatic carbocycles. The molecule has 2 aromatic rings.